The van der Waals surface area contributed by atoms with Gasteiger partial charge >= 0.3 is 0 Å². The number of anilines is 4. The van der Waals surface area contributed by atoms with Crippen LogP contribution in [0.4, 0.5) is 23.3 Å². The Morgan fingerprint density at radius 2 is 1.95 bits per heavy atom. The van der Waals surface area contributed by atoms with Crippen LogP contribution >= 0.6 is 0 Å². The van der Waals surface area contributed by atoms with E-state index < -0.39 is 9.84 Å². The van der Waals surface area contributed by atoms with Gasteiger partial charge in [0, 0.05) is 60.4 Å². The first kappa shape index (κ1) is 25.2. The van der Waals surface area contributed by atoms with Gasteiger partial charge in [0.25, 0.3) is 0 Å². The Morgan fingerprint density at radius 1 is 1.11 bits per heavy atom. The van der Waals surface area contributed by atoms with Gasteiger partial charge in [-0.05, 0) is 31.4 Å². The number of pyridine rings is 2. The summed E-state index contributed by atoms with van der Waals surface area (Å²) in [5.74, 6) is 3.22. The molecule has 11 heteroatoms. The summed E-state index contributed by atoms with van der Waals surface area (Å²) in [6.07, 6.45) is 8.00. The Balaban J connectivity index is 1.28. The summed E-state index contributed by atoms with van der Waals surface area (Å²) >= 11 is 0. The molecule has 202 valence electrons. The summed E-state index contributed by atoms with van der Waals surface area (Å²) in [6.45, 7) is 9.55. The van der Waals surface area contributed by atoms with Crippen LogP contribution in [0.3, 0.4) is 0 Å². The maximum absolute atomic E-state index is 11.8. The fraction of sp³-hybridized carbons (Fsp3) is 0.556. The molecule has 3 aromatic heterocycles. The van der Waals surface area contributed by atoms with Crippen molar-refractivity contribution in [2.75, 3.05) is 53.4 Å². The molecule has 3 aromatic rings. The highest BCUT2D eigenvalue weighted by molar-refractivity contribution is 7.90. The molecule has 3 aliphatic rings. The molecule has 0 aromatic carbocycles. The number of fused-ring (bicyclic) bond motifs is 2. The Bertz CT molecular complexity index is 1460. The van der Waals surface area contributed by atoms with Gasteiger partial charge in [-0.2, -0.15) is 4.98 Å². The molecule has 0 bridgehead atoms. The number of nitrogens with one attached hydrogen (secondary N) is 1. The van der Waals surface area contributed by atoms with Gasteiger partial charge in [0.05, 0.1) is 42.6 Å². The van der Waals surface area contributed by atoms with Crippen molar-refractivity contribution in [3.05, 3.63) is 36.4 Å². The van der Waals surface area contributed by atoms with E-state index in [-0.39, 0.29) is 23.6 Å². The molecule has 0 amide bonds. The molecule has 38 heavy (non-hydrogen) atoms. The van der Waals surface area contributed by atoms with Crippen LogP contribution in [0.2, 0.25) is 0 Å². The second-order valence-corrected chi connectivity index (χ2v) is 13.4. The van der Waals surface area contributed by atoms with Crippen LogP contribution in [0.1, 0.15) is 38.8 Å². The van der Waals surface area contributed by atoms with Crippen LogP contribution in [-0.2, 0) is 14.6 Å². The van der Waals surface area contributed by atoms with Crippen LogP contribution in [0.15, 0.2) is 30.7 Å². The molecular weight excluding hydrogens is 502 g/mol. The second-order valence-electron chi connectivity index (χ2n) is 11.3. The first-order valence-electron chi connectivity index (χ1n) is 13.4. The lowest BCUT2D eigenvalue weighted by molar-refractivity contribution is 0.179. The summed E-state index contributed by atoms with van der Waals surface area (Å²) in [7, 11) is -3.01. The van der Waals surface area contributed by atoms with Crippen molar-refractivity contribution in [2.45, 2.75) is 45.2 Å². The minimum atomic E-state index is -3.01. The smallest absolute Gasteiger partial charge is 0.227 e. The van der Waals surface area contributed by atoms with Gasteiger partial charge in [-0.1, -0.05) is 13.8 Å². The third-order valence-corrected chi connectivity index (χ3v) is 9.26. The molecular formula is C27H35N7O3S. The van der Waals surface area contributed by atoms with E-state index in [0.29, 0.717) is 30.1 Å². The third kappa shape index (κ3) is 4.66. The van der Waals surface area contributed by atoms with E-state index in [9.17, 15) is 8.42 Å². The zero-order valence-electron chi connectivity index (χ0n) is 22.3. The van der Waals surface area contributed by atoms with Gasteiger partial charge < -0.3 is 19.9 Å². The van der Waals surface area contributed by atoms with E-state index in [1.807, 2.05) is 24.5 Å². The maximum Gasteiger partial charge on any atom is 0.227 e. The number of nitrogens with zero attached hydrogens (tertiary/aromatic N) is 6. The number of hydrogen-bond acceptors (Lipinski definition) is 10. The average Bonchev–Trinajstić information content (AvgIpc) is 3.49. The number of ether oxygens (including phenoxy) is 1. The SMILES string of the molecule is CC(C)c1ncc(N2C[C@H](CS(C)(=O)=O)[C@H]2C)c2cnc(Nc3ccnc(N4CCC5COC[C@H]54)n3)cc12. The molecule has 4 atom stereocenters. The van der Waals surface area contributed by atoms with Crippen molar-refractivity contribution in [1.29, 1.82) is 0 Å². The highest BCUT2D eigenvalue weighted by Gasteiger charge is 2.40. The number of hydrogen-bond donors (Lipinski definition) is 1. The van der Waals surface area contributed by atoms with E-state index in [1.54, 1.807) is 6.20 Å². The molecule has 6 heterocycles. The molecule has 3 aliphatic heterocycles. The van der Waals surface area contributed by atoms with Gasteiger partial charge in [-0.25, -0.2) is 18.4 Å². The van der Waals surface area contributed by atoms with Gasteiger partial charge in [-0.3, -0.25) is 4.98 Å². The monoisotopic (exact) mass is 537 g/mol. The molecule has 3 saturated heterocycles. The average molecular weight is 538 g/mol. The second kappa shape index (κ2) is 9.60. The van der Waals surface area contributed by atoms with E-state index in [4.69, 9.17) is 19.7 Å². The zero-order chi connectivity index (χ0) is 26.6. The van der Waals surface area contributed by atoms with E-state index >= 15 is 0 Å². The minimum Gasteiger partial charge on any atom is -0.379 e. The molecule has 3 fully saturated rings. The van der Waals surface area contributed by atoms with Crippen molar-refractivity contribution in [2.24, 2.45) is 11.8 Å². The lowest BCUT2D eigenvalue weighted by atomic mass is 9.90. The third-order valence-electron chi connectivity index (χ3n) is 8.22. The standard InChI is InChI=1S/C27H35N7O3S/c1-16(2)26-20-9-25(31-24-5-7-28-27(32-24)33-8-6-18-13-37-14-23(18)33)29-10-21(20)22(11-30-26)34-12-19(17(34)3)15-38(4,35)36/h5,7,9-11,16-19,23H,6,8,12-15H2,1-4H3,(H,28,29,31,32)/t17-,18?,19-,23-/m1/s1. The molecule has 0 spiro atoms. The molecule has 6 rings (SSSR count). The van der Waals surface area contributed by atoms with Crippen LogP contribution in [0, 0.1) is 11.8 Å². The van der Waals surface area contributed by atoms with Crippen LogP contribution in [0.25, 0.3) is 10.8 Å². The summed E-state index contributed by atoms with van der Waals surface area (Å²) < 4.78 is 29.3. The number of aromatic nitrogens is 4. The number of sulfone groups is 1. The summed E-state index contributed by atoms with van der Waals surface area (Å²) in [6, 6.07) is 4.36. The van der Waals surface area contributed by atoms with Gasteiger partial charge in [0.1, 0.15) is 21.5 Å². The van der Waals surface area contributed by atoms with Gasteiger partial charge in [0.2, 0.25) is 5.95 Å². The molecule has 0 radical (unpaired) electrons. The minimum absolute atomic E-state index is 0.118. The van der Waals surface area contributed by atoms with E-state index in [0.717, 1.165) is 54.3 Å². The fourth-order valence-electron chi connectivity index (χ4n) is 6.10. The van der Waals surface area contributed by atoms with Crippen molar-refractivity contribution in [3.8, 4) is 0 Å². The molecule has 0 aliphatic carbocycles. The van der Waals surface area contributed by atoms with Crippen molar-refractivity contribution >= 4 is 43.9 Å². The van der Waals surface area contributed by atoms with Crippen molar-refractivity contribution < 1.29 is 13.2 Å². The Labute approximate surface area is 223 Å². The largest absolute Gasteiger partial charge is 0.379 e. The molecule has 0 saturated carbocycles. The zero-order valence-corrected chi connectivity index (χ0v) is 23.1. The molecule has 10 nitrogen and oxygen atoms in total. The quantitative estimate of drug-likeness (QED) is 0.481. The predicted octanol–water partition coefficient (Wildman–Crippen LogP) is 3.38. The summed E-state index contributed by atoms with van der Waals surface area (Å²) in [5, 5.41) is 5.43. The predicted molar refractivity (Wildman–Crippen MR) is 149 cm³/mol. The lowest BCUT2D eigenvalue weighted by Gasteiger charge is -2.48. The molecule has 1 unspecified atom stereocenters. The highest BCUT2D eigenvalue weighted by Crippen LogP contribution is 2.39. The van der Waals surface area contributed by atoms with Crippen LogP contribution < -0.4 is 15.1 Å². The van der Waals surface area contributed by atoms with Crippen LogP contribution in [-0.4, -0.2) is 78.7 Å². The topological polar surface area (TPSA) is 113 Å². The van der Waals surface area contributed by atoms with Gasteiger partial charge in [-0.15, -0.1) is 0 Å². The van der Waals surface area contributed by atoms with Gasteiger partial charge in [0.15, 0.2) is 0 Å². The Hall–Kier alpha value is -3.05. The van der Waals surface area contributed by atoms with Crippen molar-refractivity contribution in [3.63, 3.8) is 0 Å². The fourth-order valence-corrected chi connectivity index (χ4v) is 7.26. The van der Waals surface area contributed by atoms with E-state index in [2.05, 4.69) is 40.9 Å². The first-order chi connectivity index (χ1) is 18.2. The summed E-state index contributed by atoms with van der Waals surface area (Å²) in [4.78, 5) is 23.4. The lowest BCUT2D eigenvalue weighted by Crippen LogP contribution is -2.57. The molecule has 1 N–H and O–H groups in total. The Morgan fingerprint density at radius 3 is 2.71 bits per heavy atom. The first-order valence-corrected chi connectivity index (χ1v) is 15.4. The van der Waals surface area contributed by atoms with Crippen LogP contribution in [0.5, 0.6) is 0 Å². The number of rotatable bonds is 7. The summed E-state index contributed by atoms with van der Waals surface area (Å²) in [5.41, 5.74) is 2.00. The van der Waals surface area contributed by atoms with Crippen molar-refractivity contribution in [1.82, 2.24) is 19.9 Å². The highest BCUT2D eigenvalue weighted by atomic mass is 32.2. The van der Waals surface area contributed by atoms with E-state index in [1.165, 1.54) is 6.26 Å². The Kier molecular flexibility index (Phi) is 6.38. The maximum atomic E-state index is 11.8. The normalized spacial score (nSPS) is 25.2.